The molecule has 0 atom stereocenters. The summed E-state index contributed by atoms with van der Waals surface area (Å²) in [6, 6.07) is 1.94. The summed E-state index contributed by atoms with van der Waals surface area (Å²) < 4.78 is 35.9. The molecule has 0 spiro atoms. The first-order chi connectivity index (χ1) is 6.29. The van der Waals surface area contributed by atoms with Crippen molar-refractivity contribution in [2.75, 3.05) is 0 Å². The van der Waals surface area contributed by atoms with Gasteiger partial charge in [-0.2, -0.15) is 13.2 Å². The number of rotatable bonds is 1. The Morgan fingerprint density at radius 3 is 2.21 bits per heavy atom. The van der Waals surface area contributed by atoms with Gasteiger partial charge in [0.05, 0.1) is 10.0 Å². The van der Waals surface area contributed by atoms with Crippen LogP contribution in [0.25, 0.3) is 0 Å². The molecule has 0 bridgehead atoms. The highest BCUT2D eigenvalue weighted by atomic mass is 35.5. The van der Waals surface area contributed by atoms with Gasteiger partial charge in [0.25, 0.3) is 0 Å². The average Bonchev–Trinajstić information content (AvgIpc) is 1.97. The van der Waals surface area contributed by atoms with Gasteiger partial charge in [-0.15, -0.1) is 0 Å². The molecular formula is C7H3Cl2F3OS. The van der Waals surface area contributed by atoms with E-state index in [1.807, 2.05) is 0 Å². The number of phenolic OH excluding ortho intramolecular Hbond substituents is 1. The molecule has 1 nitrogen and oxygen atoms in total. The van der Waals surface area contributed by atoms with Gasteiger partial charge in [-0.05, 0) is 17.8 Å². The highest BCUT2D eigenvalue weighted by molar-refractivity contribution is 8.00. The van der Waals surface area contributed by atoms with Crippen LogP contribution in [0.1, 0.15) is 0 Å². The molecule has 0 aliphatic rings. The van der Waals surface area contributed by atoms with Gasteiger partial charge < -0.3 is 5.11 Å². The lowest BCUT2D eigenvalue weighted by atomic mass is 10.3. The van der Waals surface area contributed by atoms with Gasteiger partial charge in [-0.1, -0.05) is 23.2 Å². The van der Waals surface area contributed by atoms with Crippen molar-refractivity contribution in [2.45, 2.75) is 10.4 Å². The van der Waals surface area contributed by atoms with Crippen LogP contribution in [0.15, 0.2) is 17.0 Å². The molecule has 1 N–H and O–H groups in total. The number of thioether (sulfide) groups is 1. The molecule has 0 amide bonds. The summed E-state index contributed by atoms with van der Waals surface area (Å²) in [5.74, 6) is -0.344. The molecule has 1 rings (SSSR count). The molecular weight excluding hydrogens is 260 g/mol. The third kappa shape index (κ3) is 3.15. The van der Waals surface area contributed by atoms with E-state index in [2.05, 4.69) is 0 Å². The first kappa shape index (κ1) is 11.8. The predicted octanol–water partition coefficient (Wildman–Crippen LogP) is 4.31. The third-order valence-electron chi connectivity index (χ3n) is 1.23. The lowest BCUT2D eigenvalue weighted by Gasteiger charge is -2.08. The van der Waals surface area contributed by atoms with Crippen LogP contribution >= 0.6 is 35.0 Å². The number of alkyl halides is 3. The van der Waals surface area contributed by atoms with Gasteiger partial charge in [0, 0.05) is 11.0 Å². The fraction of sp³-hybridized carbons (Fsp3) is 0.143. The molecule has 78 valence electrons. The predicted molar refractivity (Wildman–Crippen MR) is 50.0 cm³/mol. The molecule has 7 heteroatoms. The normalized spacial score (nSPS) is 11.8. The lowest BCUT2D eigenvalue weighted by Crippen LogP contribution is -1.99. The van der Waals surface area contributed by atoms with Crippen molar-refractivity contribution in [3.05, 3.63) is 22.2 Å². The van der Waals surface area contributed by atoms with Crippen LogP contribution in [0.5, 0.6) is 5.75 Å². The topological polar surface area (TPSA) is 20.2 Å². The van der Waals surface area contributed by atoms with Crippen LogP contribution < -0.4 is 0 Å². The summed E-state index contributed by atoms with van der Waals surface area (Å²) in [4.78, 5) is -0.234. The van der Waals surface area contributed by atoms with E-state index in [0.717, 1.165) is 12.1 Å². The van der Waals surface area contributed by atoms with Crippen LogP contribution in [0.3, 0.4) is 0 Å². The minimum Gasteiger partial charge on any atom is -0.506 e. The van der Waals surface area contributed by atoms with Crippen molar-refractivity contribution < 1.29 is 18.3 Å². The molecule has 0 aliphatic carbocycles. The van der Waals surface area contributed by atoms with E-state index in [4.69, 9.17) is 28.3 Å². The van der Waals surface area contributed by atoms with E-state index in [-0.39, 0.29) is 32.5 Å². The Balaban J connectivity index is 3.04. The fourth-order valence-corrected chi connectivity index (χ4v) is 1.81. The highest BCUT2D eigenvalue weighted by Crippen LogP contribution is 2.43. The van der Waals surface area contributed by atoms with E-state index < -0.39 is 5.51 Å². The lowest BCUT2D eigenvalue weighted by molar-refractivity contribution is -0.0328. The maximum Gasteiger partial charge on any atom is 0.446 e. The Labute approximate surface area is 91.8 Å². The van der Waals surface area contributed by atoms with Crippen molar-refractivity contribution in [1.82, 2.24) is 0 Å². The maximum atomic E-state index is 12.0. The second-order valence-electron chi connectivity index (χ2n) is 2.28. The van der Waals surface area contributed by atoms with Gasteiger partial charge in [-0.25, -0.2) is 0 Å². The van der Waals surface area contributed by atoms with E-state index in [1.165, 1.54) is 0 Å². The number of halogens is 5. The first-order valence-corrected chi connectivity index (χ1v) is 4.80. The fourth-order valence-electron chi connectivity index (χ4n) is 0.721. The highest BCUT2D eigenvalue weighted by Gasteiger charge is 2.30. The van der Waals surface area contributed by atoms with Gasteiger partial charge in [0.2, 0.25) is 0 Å². The molecule has 1 aromatic rings. The molecule has 0 aromatic heterocycles. The summed E-state index contributed by atoms with van der Waals surface area (Å²) in [6.07, 6.45) is 0. The van der Waals surface area contributed by atoms with Gasteiger partial charge in [0.1, 0.15) is 5.75 Å². The first-order valence-electron chi connectivity index (χ1n) is 3.23. The number of phenols is 1. The second-order valence-corrected chi connectivity index (χ2v) is 4.20. The minimum absolute atomic E-state index is 0.166. The standard InChI is InChI=1S/C7H3Cl2F3OS/c8-3-2-6(14-7(10,11)12)4(9)1-5(3)13/h1-2,13H. The molecule has 0 radical (unpaired) electrons. The summed E-state index contributed by atoms with van der Waals surface area (Å²) in [7, 11) is 0. The van der Waals surface area contributed by atoms with Gasteiger partial charge >= 0.3 is 5.51 Å². The summed E-state index contributed by atoms with van der Waals surface area (Å²) in [6.45, 7) is 0. The number of benzene rings is 1. The maximum absolute atomic E-state index is 12.0. The van der Waals surface area contributed by atoms with Crippen molar-refractivity contribution in [3.63, 3.8) is 0 Å². The molecule has 0 saturated heterocycles. The smallest absolute Gasteiger partial charge is 0.446 e. The Hall–Kier alpha value is -0.260. The molecule has 0 heterocycles. The third-order valence-corrected chi connectivity index (χ3v) is 2.74. The van der Waals surface area contributed by atoms with Crippen molar-refractivity contribution in [3.8, 4) is 5.75 Å². The van der Waals surface area contributed by atoms with Crippen LogP contribution in [-0.2, 0) is 0 Å². The van der Waals surface area contributed by atoms with E-state index in [0.29, 0.717) is 0 Å². The van der Waals surface area contributed by atoms with Crippen LogP contribution in [0.4, 0.5) is 13.2 Å². The van der Waals surface area contributed by atoms with Crippen molar-refractivity contribution >= 4 is 35.0 Å². The Morgan fingerprint density at radius 2 is 1.71 bits per heavy atom. The molecule has 0 aliphatic heterocycles. The van der Waals surface area contributed by atoms with E-state index in [9.17, 15) is 13.2 Å². The van der Waals surface area contributed by atoms with Crippen molar-refractivity contribution in [1.29, 1.82) is 0 Å². The minimum atomic E-state index is -4.43. The zero-order valence-corrected chi connectivity index (χ0v) is 8.73. The zero-order chi connectivity index (χ0) is 10.9. The van der Waals surface area contributed by atoms with E-state index >= 15 is 0 Å². The Morgan fingerprint density at radius 1 is 1.14 bits per heavy atom. The van der Waals surface area contributed by atoms with Crippen molar-refractivity contribution in [2.24, 2.45) is 0 Å². The Kier molecular flexibility index (Phi) is 3.44. The molecule has 14 heavy (non-hydrogen) atoms. The SMILES string of the molecule is Oc1cc(Cl)c(SC(F)(F)F)cc1Cl. The zero-order valence-electron chi connectivity index (χ0n) is 6.40. The van der Waals surface area contributed by atoms with Gasteiger partial charge in [-0.3, -0.25) is 0 Å². The molecule has 0 fully saturated rings. The quantitative estimate of drug-likeness (QED) is 0.762. The molecule has 1 aromatic carbocycles. The van der Waals surface area contributed by atoms with Crippen LogP contribution in [0, 0.1) is 0 Å². The number of hydrogen-bond acceptors (Lipinski definition) is 2. The number of aromatic hydroxyl groups is 1. The Bertz CT molecular complexity index is 354. The summed E-state index contributed by atoms with van der Waals surface area (Å²) in [5.41, 5.74) is -4.43. The molecule has 0 unspecified atom stereocenters. The van der Waals surface area contributed by atoms with E-state index in [1.54, 1.807) is 0 Å². The molecule has 0 saturated carbocycles. The average molecular weight is 263 g/mol. The summed E-state index contributed by atoms with van der Waals surface area (Å²) >= 11 is 10.5. The summed E-state index contributed by atoms with van der Waals surface area (Å²) in [5, 5.41) is 8.66. The second kappa shape index (κ2) is 4.08. The van der Waals surface area contributed by atoms with Crippen LogP contribution in [-0.4, -0.2) is 10.6 Å². The van der Waals surface area contributed by atoms with Crippen LogP contribution in [0.2, 0.25) is 10.0 Å². The monoisotopic (exact) mass is 262 g/mol. The van der Waals surface area contributed by atoms with Gasteiger partial charge in [0.15, 0.2) is 0 Å². The number of hydrogen-bond donors (Lipinski definition) is 1. The largest absolute Gasteiger partial charge is 0.506 e.